The van der Waals surface area contributed by atoms with Gasteiger partial charge >= 0.3 is 5.97 Å². The number of hydrogen-bond donors (Lipinski definition) is 2. The van der Waals surface area contributed by atoms with Crippen molar-refractivity contribution in [3.05, 3.63) is 48.2 Å². The average molecular weight is 297 g/mol. The molecule has 0 fully saturated rings. The van der Waals surface area contributed by atoms with Crippen molar-refractivity contribution in [3.63, 3.8) is 0 Å². The summed E-state index contributed by atoms with van der Waals surface area (Å²) in [6.07, 6.45) is 1.70. The Labute approximate surface area is 126 Å². The van der Waals surface area contributed by atoms with Crippen LogP contribution in [0.1, 0.15) is 17.3 Å². The van der Waals surface area contributed by atoms with Gasteiger partial charge in [0, 0.05) is 11.8 Å². The zero-order valence-corrected chi connectivity index (χ0v) is 12.0. The van der Waals surface area contributed by atoms with Crippen molar-refractivity contribution in [2.75, 3.05) is 12.3 Å². The van der Waals surface area contributed by atoms with E-state index in [-0.39, 0.29) is 5.56 Å². The van der Waals surface area contributed by atoms with Gasteiger partial charge in [0.25, 0.3) is 0 Å². The summed E-state index contributed by atoms with van der Waals surface area (Å²) in [6.45, 7) is 2.51. The van der Waals surface area contributed by atoms with Crippen LogP contribution in [-0.2, 0) is 0 Å². The molecule has 112 valence electrons. The molecule has 3 N–H and O–H groups in total. The molecule has 0 radical (unpaired) electrons. The summed E-state index contributed by atoms with van der Waals surface area (Å²) in [4.78, 5) is 15.7. The van der Waals surface area contributed by atoms with Crippen molar-refractivity contribution in [1.82, 2.24) is 9.38 Å². The number of fused-ring (bicyclic) bond motifs is 1. The molecule has 0 saturated heterocycles. The third-order valence-electron chi connectivity index (χ3n) is 3.36. The second kappa shape index (κ2) is 5.40. The van der Waals surface area contributed by atoms with E-state index in [1.807, 2.05) is 31.2 Å². The number of nitrogen functional groups attached to an aromatic ring is 1. The Morgan fingerprint density at radius 1 is 1.32 bits per heavy atom. The number of carbonyl (C=O) groups is 1. The molecule has 2 heterocycles. The maximum atomic E-state index is 11.3. The highest BCUT2D eigenvalue weighted by Crippen LogP contribution is 2.29. The number of anilines is 1. The van der Waals surface area contributed by atoms with Gasteiger partial charge in [-0.25, -0.2) is 9.78 Å². The first-order valence-electron chi connectivity index (χ1n) is 6.85. The number of rotatable bonds is 4. The number of hydrogen-bond acceptors (Lipinski definition) is 4. The first-order chi connectivity index (χ1) is 10.6. The van der Waals surface area contributed by atoms with Gasteiger partial charge in [-0.05, 0) is 43.3 Å². The minimum atomic E-state index is -1.03. The van der Waals surface area contributed by atoms with Gasteiger partial charge in [-0.1, -0.05) is 0 Å². The molecule has 0 aliphatic carbocycles. The molecular weight excluding hydrogens is 282 g/mol. The van der Waals surface area contributed by atoms with Crippen molar-refractivity contribution >= 4 is 17.4 Å². The van der Waals surface area contributed by atoms with E-state index in [0.717, 1.165) is 11.3 Å². The van der Waals surface area contributed by atoms with E-state index >= 15 is 0 Å². The SMILES string of the molecule is CCOc1ccc(-c2nc3c(C(=O)O)cccn3c2N)cc1. The quantitative estimate of drug-likeness (QED) is 0.772. The molecule has 6 heteroatoms. The summed E-state index contributed by atoms with van der Waals surface area (Å²) in [6, 6.07) is 10.5. The van der Waals surface area contributed by atoms with E-state index < -0.39 is 5.97 Å². The lowest BCUT2D eigenvalue weighted by atomic mass is 10.1. The summed E-state index contributed by atoms with van der Waals surface area (Å²) in [7, 11) is 0. The van der Waals surface area contributed by atoms with Crippen molar-refractivity contribution in [2.24, 2.45) is 0 Å². The second-order valence-corrected chi connectivity index (χ2v) is 4.72. The average Bonchev–Trinajstić information content (AvgIpc) is 2.85. The zero-order valence-electron chi connectivity index (χ0n) is 12.0. The second-order valence-electron chi connectivity index (χ2n) is 4.72. The number of carboxylic acid groups (broad SMARTS) is 1. The van der Waals surface area contributed by atoms with Gasteiger partial charge in [0.2, 0.25) is 0 Å². The van der Waals surface area contributed by atoms with Crippen LogP contribution in [-0.4, -0.2) is 27.1 Å². The van der Waals surface area contributed by atoms with E-state index in [1.165, 1.54) is 6.07 Å². The number of aromatic carboxylic acids is 1. The van der Waals surface area contributed by atoms with Crippen LogP contribution in [0, 0.1) is 0 Å². The molecule has 0 aliphatic heterocycles. The van der Waals surface area contributed by atoms with Gasteiger partial charge in [0.05, 0.1) is 6.61 Å². The molecule has 1 aromatic carbocycles. The van der Waals surface area contributed by atoms with Crippen LogP contribution in [0.15, 0.2) is 42.6 Å². The van der Waals surface area contributed by atoms with Gasteiger partial charge in [-0.15, -0.1) is 0 Å². The van der Waals surface area contributed by atoms with Crippen LogP contribution in [0.4, 0.5) is 5.82 Å². The summed E-state index contributed by atoms with van der Waals surface area (Å²) < 4.78 is 6.98. The normalized spacial score (nSPS) is 10.8. The predicted molar refractivity (Wildman–Crippen MR) is 83.2 cm³/mol. The van der Waals surface area contributed by atoms with Crippen LogP contribution in [0.25, 0.3) is 16.9 Å². The minimum Gasteiger partial charge on any atom is -0.494 e. The molecule has 0 bridgehead atoms. The molecular formula is C16H15N3O3. The van der Waals surface area contributed by atoms with Crippen molar-refractivity contribution in [1.29, 1.82) is 0 Å². The van der Waals surface area contributed by atoms with Crippen LogP contribution in [0.5, 0.6) is 5.75 Å². The number of aromatic nitrogens is 2. The molecule has 0 unspecified atom stereocenters. The fourth-order valence-electron chi connectivity index (χ4n) is 2.34. The summed E-state index contributed by atoms with van der Waals surface area (Å²) >= 11 is 0. The number of benzene rings is 1. The van der Waals surface area contributed by atoms with Gasteiger partial charge in [-0.3, -0.25) is 4.40 Å². The first-order valence-corrected chi connectivity index (χ1v) is 6.85. The fourth-order valence-corrected chi connectivity index (χ4v) is 2.34. The number of imidazole rings is 1. The van der Waals surface area contributed by atoms with Crippen LogP contribution >= 0.6 is 0 Å². The molecule has 2 aromatic heterocycles. The van der Waals surface area contributed by atoms with Crippen molar-refractivity contribution in [3.8, 4) is 17.0 Å². The molecule has 6 nitrogen and oxygen atoms in total. The Bertz CT molecular complexity index is 838. The summed E-state index contributed by atoms with van der Waals surface area (Å²) in [5, 5.41) is 9.24. The molecule has 0 aliphatic rings. The van der Waals surface area contributed by atoms with Crippen LogP contribution < -0.4 is 10.5 Å². The maximum absolute atomic E-state index is 11.3. The van der Waals surface area contributed by atoms with Gasteiger partial charge in [0.1, 0.15) is 22.8 Å². The Morgan fingerprint density at radius 2 is 2.05 bits per heavy atom. The van der Waals surface area contributed by atoms with E-state index in [4.69, 9.17) is 10.5 Å². The summed E-state index contributed by atoms with van der Waals surface area (Å²) in [5.41, 5.74) is 7.92. The highest BCUT2D eigenvalue weighted by atomic mass is 16.5. The Hall–Kier alpha value is -3.02. The fraction of sp³-hybridized carbons (Fsp3) is 0.125. The highest BCUT2D eigenvalue weighted by Gasteiger charge is 2.16. The van der Waals surface area contributed by atoms with E-state index in [0.29, 0.717) is 23.8 Å². The third kappa shape index (κ3) is 2.24. The minimum absolute atomic E-state index is 0.117. The number of nitrogens with two attached hydrogens (primary N) is 1. The molecule has 22 heavy (non-hydrogen) atoms. The standard InChI is InChI=1S/C16H15N3O3/c1-2-22-11-7-5-10(6-8-11)13-14(17)19-9-3-4-12(16(20)21)15(19)18-13/h3-9H,2,17H2,1H3,(H,20,21). The Morgan fingerprint density at radius 3 is 2.68 bits per heavy atom. The number of carboxylic acids is 1. The number of pyridine rings is 1. The molecule has 0 amide bonds. The molecule has 0 spiro atoms. The van der Waals surface area contributed by atoms with E-state index in [9.17, 15) is 9.90 Å². The monoisotopic (exact) mass is 297 g/mol. The van der Waals surface area contributed by atoms with E-state index in [2.05, 4.69) is 4.98 Å². The molecule has 0 saturated carbocycles. The van der Waals surface area contributed by atoms with Crippen LogP contribution in [0.2, 0.25) is 0 Å². The Kier molecular flexibility index (Phi) is 3.42. The smallest absolute Gasteiger partial charge is 0.339 e. The Balaban J connectivity index is 2.13. The van der Waals surface area contributed by atoms with Crippen molar-refractivity contribution < 1.29 is 14.6 Å². The van der Waals surface area contributed by atoms with E-state index in [1.54, 1.807) is 16.7 Å². The van der Waals surface area contributed by atoms with Crippen LogP contribution in [0.3, 0.4) is 0 Å². The molecule has 0 atom stereocenters. The van der Waals surface area contributed by atoms with Gasteiger partial charge in [0.15, 0.2) is 5.65 Å². The van der Waals surface area contributed by atoms with Gasteiger partial charge < -0.3 is 15.6 Å². The third-order valence-corrected chi connectivity index (χ3v) is 3.36. The number of ether oxygens (including phenoxy) is 1. The lowest BCUT2D eigenvalue weighted by Crippen LogP contribution is -2.01. The number of nitrogens with zero attached hydrogens (tertiary/aromatic N) is 2. The maximum Gasteiger partial charge on any atom is 0.339 e. The van der Waals surface area contributed by atoms with Crippen molar-refractivity contribution in [2.45, 2.75) is 6.92 Å². The molecule has 3 aromatic rings. The lowest BCUT2D eigenvalue weighted by Gasteiger charge is -2.04. The molecule has 3 rings (SSSR count). The largest absolute Gasteiger partial charge is 0.494 e. The van der Waals surface area contributed by atoms with Gasteiger partial charge in [-0.2, -0.15) is 0 Å². The lowest BCUT2D eigenvalue weighted by molar-refractivity contribution is 0.0698. The first kappa shape index (κ1) is 13.9. The predicted octanol–water partition coefficient (Wildman–Crippen LogP) is 2.68. The zero-order chi connectivity index (χ0) is 15.7. The highest BCUT2D eigenvalue weighted by molar-refractivity contribution is 5.95. The summed E-state index contributed by atoms with van der Waals surface area (Å²) in [5.74, 6) is 0.135. The topological polar surface area (TPSA) is 89.8 Å².